The van der Waals surface area contributed by atoms with Crippen LogP contribution in [0.4, 0.5) is 5.00 Å². The second-order valence-electron chi connectivity index (χ2n) is 6.08. The average molecular weight is 265 g/mol. The first-order valence-electron chi connectivity index (χ1n) is 6.77. The number of nitrogens with two attached hydrogens (primary N) is 1. The molecule has 2 N–H and O–H groups in total. The first kappa shape index (κ1) is 13.6. The average Bonchev–Trinajstić information content (AvgIpc) is 2.63. The Bertz CT molecular complexity index is 473. The Labute approximate surface area is 114 Å². The monoisotopic (exact) mass is 265 g/mol. The topological polar surface area (TPSA) is 43.1 Å². The molecule has 0 saturated heterocycles. The van der Waals surface area contributed by atoms with Crippen LogP contribution in [0.1, 0.15) is 61.3 Å². The van der Waals surface area contributed by atoms with Gasteiger partial charge in [-0.05, 0) is 43.1 Å². The number of nitrogen functional groups attached to an aromatic ring is 1. The summed E-state index contributed by atoms with van der Waals surface area (Å²) in [7, 11) is 0. The molecular formula is C15H23NOS. The first-order chi connectivity index (χ1) is 8.36. The lowest BCUT2D eigenvalue weighted by atomic mass is 9.69. The maximum Gasteiger partial charge on any atom is 0.163 e. The third kappa shape index (κ3) is 2.20. The standard InChI is InChI=1S/C15H23NOS/c1-5-15(3,4)10-6-7-11-12(8-10)18-14(16)13(11)9(2)17/h10H,5-8,16H2,1-4H3. The second-order valence-corrected chi connectivity index (χ2v) is 7.22. The van der Waals surface area contributed by atoms with Gasteiger partial charge in [0.25, 0.3) is 0 Å². The van der Waals surface area contributed by atoms with E-state index in [9.17, 15) is 4.79 Å². The molecule has 0 saturated carbocycles. The van der Waals surface area contributed by atoms with Gasteiger partial charge in [-0.2, -0.15) is 0 Å². The molecule has 1 aromatic heterocycles. The highest BCUT2D eigenvalue weighted by molar-refractivity contribution is 7.16. The summed E-state index contributed by atoms with van der Waals surface area (Å²) in [6.07, 6.45) is 4.50. The molecule has 18 heavy (non-hydrogen) atoms. The zero-order chi connectivity index (χ0) is 13.5. The van der Waals surface area contributed by atoms with Crippen LogP contribution in [0.3, 0.4) is 0 Å². The van der Waals surface area contributed by atoms with Gasteiger partial charge in [0.05, 0.1) is 10.6 Å². The molecule has 0 spiro atoms. The van der Waals surface area contributed by atoms with E-state index in [1.54, 1.807) is 18.3 Å². The van der Waals surface area contributed by atoms with Gasteiger partial charge in [-0.15, -0.1) is 11.3 Å². The van der Waals surface area contributed by atoms with Gasteiger partial charge in [-0.1, -0.05) is 27.2 Å². The van der Waals surface area contributed by atoms with Crippen molar-refractivity contribution in [2.75, 3.05) is 5.73 Å². The van der Waals surface area contributed by atoms with Gasteiger partial charge in [0.2, 0.25) is 0 Å². The predicted octanol–water partition coefficient (Wildman–Crippen LogP) is 4.07. The van der Waals surface area contributed by atoms with Crippen LogP contribution in [0, 0.1) is 11.3 Å². The fraction of sp³-hybridized carbons (Fsp3) is 0.667. The van der Waals surface area contributed by atoms with E-state index in [-0.39, 0.29) is 5.78 Å². The summed E-state index contributed by atoms with van der Waals surface area (Å²) in [5, 5.41) is 0.724. The maximum absolute atomic E-state index is 11.7. The van der Waals surface area contributed by atoms with Crippen molar-refractivity contribution in [2.45, 2.75) is 53.4 Å². The van der Waals surface area contributed by atoms with E-state index >= 15 is 0 Å². The number of ketones is 1. The third-order valence-corrected chi connectivity index (χ3v) is 5.74. The quantitative estimate of drug-likeness (QED) is 0.837. The molecule has 2 rings (SSSR count). The molecule has 1 aromatic rings. The van der Waals surface area contributed by atoms with Crippen molar-refractivity contribution >= 4 is 22.1 Å². The minimum Gasteiger partial charge on any atom is -0.390 e. The van der Waals surface area contributed by atoms with Crippen LogP contribution in [-0.2, 0) is 12.8 Å². The Morgan fingerprint density at radius 2 is 2.17 bits per heavy atom. The van der Waals surface area contributed by atoms with Crippen LogP contribution in [-0.4, -0.2) is 5.78 Å². The highest BCUT2D eigenvalue weighted by Gasteiger charge is 2.33. The van der Waals surface area contributed by atoms with Gasteiger partial charge in [0.15, 0.2) is 5.78 Å². The predicted molar refractivity (Wildman–Crippen MR) is 78.3 cm³/mol. The number of carbonyl (C=O) groups excluding carboxylic acids is 1. The highest BCUT2D eigenvalue weighted by Crippen LogP contribution is 2.44. The molecule has 1 aliphatic carbocycles. The summed E-state index contributed by atoms with van der Waals surface area (Å²) in [4.78, 5) is 13.0. The lowest BCUT2D eigenvalue weighted by molar-refractivity contribution is 0.101. The molecule has 0 aliphatic heterocycles. The molecule has 1 heterocycles. The van der Waals surface area contributed by atoms with E-state index in [1.165, 1.54) is 23.3 Å². The number of rotatable bonds is 3. The minimum atomic E-state index is 0.123. The number of anilines is 1. The molecule has 1 atom stereocenters. The second kappa shape index (κ2) is 4.69. The lowest BCUT2D eigenvalue weighted by Gasteiger charge is -2.36. The molecule has 0 aromatic carbocycles. The van der Waals surface area contributed by atoms with Crippen LogP contribution in [0.15, 0.2) is 0 Å². The Hall–Kier alpha value is -0.830. The number of thiophene rings is 1. The smallest absolute Gasteiger partial charge is 0.163 e. The van der Waals surface area contributed by atoms with Crippen molar-refractivity contribution in [1.82, 2.24) is 0 Å². The van der Waals surface area contributed by atoms with Crippen LogP contribution in [0.25, 0.3) is 0 Å². The minimum absolute atomic E-state index is 0.123. The summed E-state index contributed by atoms with van der Waals surface area (Å²) in [5.41, 5.74) is 8.44. The van der Waals surface area contributed by atoms with E-state index < -0.39 is 0 Å². The fourth-order valence-electron chi connectivity index (χ4n) is 2.95. The van der Waals surface area contributed by atoms with Gasteiger partial charge in [0, 0.05) is 4.88 Å². The summed E-state index contributed by atoms with van der Waals surface area (Å²) >= 11 is 1.63. The van der Waals surface area contributed by atoms with Crippen LogP contribution in [0.2, 0.25) is 0 Å². The largest absolute Gasteiger partial charge is 0.390 e. The normalized spacial score (nSPS) is 19.7. The van der Waals surface area contributed by atoms with Crippen LogP contribution in [0.5, 0.6) is 0 Å². The van der Waals surface area contributed by atoms with Crippen molar-refractivity contribution in [2.24, 2.45) is 11.3 Å². The molecule has 3 heteroatoms. The van der Waals surface area contributed by atoms with Crippen molar-refractivity contribution in [3.63, 3.8) is 0 Å². The molecule has 1 unspecified atom stereocenters. The van der Waals surface area contributed by atoms with Gasteiger partial charge in [-0.3, -0.25) is 4.79 Å². The summed E-state index contributed by atoms with van der Waals surface area (Å²) in [6.45, 7) is 8.59. The van der Waals surface area contributed by atoms with Gasteiger partial charge >= 0.3 is 0 Å². The Balaban J connectivity index is 2.32. The maximum atomic E-state index is 11.7. The Morgan fingerprint density at radius 1 is 1.50 bits per heavy atom. The Morgan fingerprint density at radius 3 is 2.72 bits per heavy atom. The number of hydrogen-bond acceptors (Lipinski definition) is 3. The first-order valence-corrected chi connectivity index (χ1v) is 7.59. The van der Waals surface area contributed by atoms with E-state index in [4.69, 9.17) is 5.73 Å². The number of hydrogen-bond donors (Lipinski definition) is 1. The third-order valence-electron chi connectivity index (χ3n) is 4.66. The molecule has 0 radical (unpaired) electrons. The molecular weight excluding hydrogens is 242 g/mol. The Kier molecular flexibility index (Phi) is 3.54. The zero-order valence-corrected chi connectivity index (χ0v) is 12.6. The van der Waals surface area contributed by atoms with E-state index in [1.807, 2.05) is 0 Å². The summed E-state index contributed by atoms with van der Waals surface area (Å²) in [6, 6.07) is 0. The fourth-order valence-corrected chi connectivity index (χ4v) is 4.20. The highest BCUT2D eigenvalue weighted by atomic mass is 32.1. The number of Topliss-reactive ketones (excluding diaryl/α,β-unsaturated/α-hetero) is 1. The molecule has 0 amide bonds. The van der Waals surface area contributed by atoms with E-state index in [0.717, 1.165) is 23.4 Å². The van der Waals surface area contributed by atoms with Crippen molar-refractivity contribution < 1.29 is 4.79 Å². The lowest BCUT2D eigenvalue weighted by Crippen LogP contribution is -2.28. The van der Waals surface area contributed by atoms with Gasteiger partial charge in [-0.25, -0.2) is 0 Å². The molecule has 100 valence electrons. The van der Waals surface area contributed by atoms with Gasteiger partial charge in [0.1, 0.15) is 0 Å². The van der Waals surface area contributed by atoms with Gasteiger partial charge < -0.3 is 5.73 Å². The molecule has 0 fully saturated rings. The van der Waals surface area contributed by atoms with Crippen molar-refractivity contribution in [1.29, 1.82) is 0 Å². The van der Waals surface area contributed by atoms with Crippen molar-refractivity contribution in [3.8, 4) is 0 Å². The van der Waals surface area contributed by atoms with Crippen LogP contribution >= 0.6 is 11.3 Å². The van der Waals surface area contributed by atoms with E-state index in [0.29, 0.717) is 11.3 Å². The summed E-state index contributed by atoms with van der Waals surface area (Å²) < 4.78 is 0. The zero-order valence-electron chi connectivity index (χ0n) is 11.8. The SMILES string of the molecule is CCC(C)(C)C1CCc2c(sc(N)c2C(C)=O)C1. The molecule has 0 bridgehead atoms. The number of fused-ring (bicyclic) bond motifs is 1. The summed E-state index contributed by atoms with van der Waals surface area (Å²) in [5.74, 6) is 0.839. The number of carbonyl (C=O) groups is 1. The molecule has 1 aliphatic rings. The van der Waals surface area contributed by atoms with Crippen LogP contribution < -0.4 is 5.73 Å². The molecule has 2 nitrogen and oxygen atoms in total. The van der Waals surface area contributed by atoms with Crippen molar-refractivity contribution in [3.05, 3.63) is 16.0 Å². The van der Waals surface area contributed by atoms with E-state index in [2.05, 4.69) is 20.8 Å².